The second-order valence-electron chi connectivity index (χ2n) is 8.63. The van der Waals surface area contributed by atoms with Crippen LogP contribution in [0.2, 0.25) is 0 Å². The van der Waals surface area contributed by atoms with E-state index in [1.165, 1.54) is 11.1 Å². The lowest BCUT2D eigenvalue weighted by molar-refractivity contribution is -0.141. The first kappa shape index (κ1) is 19.2. The number of rotatable bonds is 6. The van der Waals surface area contributed by atoms with Gasteiger partial charge >= 0.3 is 0 Å². The normalized spacial score (nSPS) is 21.1. The molecule has 0 radical (unpaired) electrons. The molecule has 2 heterocycles. The molecule has 2 aromatic rings. The molecule has 1 unspecified atom stereocenters. The van der Waals surface area contributed by atoms with Gasteiger partial charge in [-0.2, -0.15) is 0 Å². The van der Waals surface area contributed by atoms with E-state index in [9.17, 15) is 4.79 Å². The van der Waals surface area contributed by atoms with Crippen LogP contribution in [0.3, 0.4) is 0 Å². The number of carbonyl (C=O) groups is 1. The fourth-order valence-corrected chi connectivity index (χ4v) is 4.70. The van der Waals surface area contributed by atoms with E-state index in [0.29, 0.717) is 19.1 Å². The van der Waals surface area contributed by atoms with E-state index in [4.69, 9.17) is 4.74 Å². The molecule has 1 amide bonds. The SMILES string of the molecule is Cc1ccccc1CC(=O)N1CC2(CC(COCc3ccccc3)N(C)C2)C1. The van der Waals surface area contributed by atoms with E-state index in [1.807, 2.05) is 35.2 Å². The highest BCUT2D eigenvalue weighted by atomic mass is 16.5. The van der Waals surface area contributed by atoms with Crippen LogP contribution in [0.15, 0.2) is 54.6 Å². The third-order valence-electron chi connectivity index (χ3n) is 6.31. The van der Waals surface area contributed by atoms with E-state index < -0.39 is 0 Å². The molecular weight excluding hydrogens is 348 g/mol. The van der Waals surface area contributed by atoms with E-state index in [2.05, 4.69) is 43.1 Å². The maximum atomic E-state index is 12.7. The summed E-state index contributed by atoms with van der Waals surface area (Å²) in [6.07, 6.45) is 1.63. The van der Waals surface area contributed by atoms with Crippen molar-refractivity contribution in [3.05, 3.63) is 71.3 Å². The van der Waals surface area contributed by atoms with Crippen molar-refractivity contribution < 1.29 is 9.53 Å². The van der Waals surface area contributed by atoms with Crippen LogP contribution in [0.4, 0.5) is 0 Å². The molecule has 0 aliphatic carbocycles. The number of aryl methyl sites for hydroxylation is 1. The zero-order valence-electron chi connectivity index (χ0n) is 16.9. The van der Waals surface area contributed by atoms with Gasteiger partial charge in [-0.25, -0.2) is 0 Å². The number of ether oxygens (including phenoxy) is 1. The Morgan fingerprint density at radius 2 is 1.79 bits per heavy atom. The predicted molar refractivity (Wildman–Crippen MR) is 111 cm³/mol. The van der Waals surface area contributed by atoms with E-state index in [0.717, 1.165) is 38.2 Å². The summed E-state index contributed by atoms with van der Waals surface area (Å²) in [6.45, 7) is 6.32. The van der Waals surface area contributed by atoms with Crippen LogP contribution in [-0.4, -0.2) is 55.0 Å². The number of likely N-dealkylation sites (N-methyl/N-ethyl adjacent to an activating group) is 1. The Hall–Kier alpha value is -2.17. The van der Waals surface area contributed by atoms with Gasteiger partial charge in [-0.05, 0) is 37.1 Å². The first-order chi connectivity index (χ1) is 13.5. The molecule has 2 saturated heterocycles. The lowest BCUT2D eigenvalue weighted by atomic mass is 9.77. The van der Waals surface area contributed by atoms with Gasteiger partial charge in [0.2, 0.25) is 5.91 Å². The highest BCUT2D eigenvalue weighted by molar-refractivity contribution is 5.80. The Kier molecular flexibility index (Phi) is 5.51. The summed E-state index contributed by atoms with van der Waals surface area (Å²) < 4.78 is 5.98. The van der Waals surface area contributed by atoms with Crippen molar-refractivity contribution in [2.75, 3.05) is 33.3 Å². The molecule has 28 heavy (non-hydrogen) atoms. The fourth-order valence-electron chi connectivity index (χ4n) is 4.70. The van der Waals surface area contributed by atoms with Crippen molar-refractivity contribution in [1.29, 1.82) is 0 Å². The van der Waals surface area contributed by atoms with Gasteiger partial charge < -0.3 is 14.5 Å². The minimum absolute atomic E-state index is 0.256. The number of benzene rings is 2. The minimum atomic E-state index is 0.256. The van der Waals surface area contributed by atoms with Gasteiger partial charge in [0, 0.05) is 31.1 Å². The largest absolute Gasteiger partial charge is 0.375 e. The van der Waals surface area contributed by atoms with Gasteiger partial charge in [-0.1, -0.05) is 54.6 Å². The van der Waals surface area contributed by atoms with Crippen molar-refractivity contribution in [2.45, 2.75) is 32.4 Å². The quantitative estimate of drug-likeness (QED) is 0.773. The van der Waals surface area contributed by atoms with Crippen molar-refractivity contribution in [1.82, 2.24) is 9.80 Å². The Balaban J connectivity index is 1.25. The summed E-state index contributed by atoms with van der Waals surface area (Å²) in [5.41, 5.74) is 3.82. The molecule has 4 nitrogen and oxygen atoms in total. The Morgan fingerprint density at radius 1 is 1.07 bits per heavy atom. The topological polar surface area (TPSA) is 32.8 Å². The molecule has 0 aromatic heterocycles. The van der Waals surface area contributed by atoms with Crippen LogP contribution >= 0.6 is 0 Å². The maximum Gasteiger partial charge on any atom is 0.227 e. The summed E-state index contributed by atoms with van der Waals surface area (Å²) in [5, 5.41) is 0. The second kappa shape index (κ2) is 8.06. The Labute approximate surface area is 168 Å². The molecule has 4 rings (SSSR count). The molecule has 1 atom stereocenters. The van der Waals surface area contributed by atoms with Gasteiger partial charge in [0.25, 0.3) is 0 Å². The summed E-state index contributed by atoms with van der Waals surface area (Å²) in [6, 6.07) is 18.9. The third-order valence-corrected chi connectivity index (χ3v) is 6.31. The monoisotopic (exact) mass is 378 g/mol. The Bertz CT molecular complexity index is 814. The van der Waals surface area contributed by atoms with Gasteiger partial charge in [-0.15, -0.1) is 0 Å². The number of hydrogen-bond acceptors (Lipinski definition) is 3. The summed E-state index contributed by atoms with van der Waals surface area (Å²) in [5.74, 6) is 0.256. The number of hydrogen-bond donors (Lipinski definition) is 0. The number of carbonyl (C=O) groups excluding carboxylic acids is 1. The molecule has 1 spiro atoms. The minimum Gasteiger partial charge on any atom is -0.375 e. The van der Waals surface area contributed by atoms with Gasteiger partial charge in [0.1, 0.15) is 0 Å². The highest BCUT2D eigenvalue weighted by Gasteiger charge is 2.51. The first-order valence-corrected chi connectivity index (χ1v) is 10.2. The maximum absolute atomic E-state index is 12.7. The van der Waals surface area contributed by atoms with Crippen LogP contribution in [-0.2, 0) is 22.6 Å². The van der Waals surface area contributed by atoms with Crippen molar-refractivity contribution in [2.24, 2.45) is 5.41 Å². The van der Waals surface area contributed by atoms with Crippen LogP contribution in [0.25, 0.3) is 0 Å². The van der Waals surface area contributed by atoms with Gasteiger partial charge in [0.15, 0.2) is 0 Å². The summed E-state index contributed by atoms with van der Waals surface area (Å²) in [7, 11) is 2.18. The first-order valence-electron chi connectivity index (χ1n) is 10.2. The molecule has 2 aliphatic heterocycles. The van der Waals surface area contributed by atoms with Gasteiger partial charge in [-0.3, -0.25) is 4.79 Å². The zero-order valence-corrected chi connectivity index (χ0v) is 16.9. The highest BCUT2D eigenvalue weighted by Crippen LogP contribution is 2.42. The number of amides is 1. The summed E-state index contributed by atoms with van der Waals surface area (Å²) in [4.78, 5) is 17.1. The molecule has 2 aliphatic rings. The lowest BCUT2D eigenvalue weighted by Crippen LogP contribution is -2.59. The van der Waals surface area contributed by atoms with E-state index in [-0.39, 0.29) is 11.3 Å². The third kappa shape index (κ3) is 4.13. The van der Waals surface area contributed by atoms with Crippen LogP contribution in [0, 0.1) is 12.3 Å². The second-order valence-corrected chi connectivity index (χ2v) is 8.63. The fraction of sp³-hybridized carbons (Fsp3) is 0.458. The molecule has 4 heteroatoms. The van der Waals surface area contributed by atoms with Crippen molar-refractivity contribution >= 4 is 5.91 Å². The number of nitrogens with zero attached hydrogens (tertiary/aromatic N) is 2. The zero-order chi connectivity index (χ0) is 19.6. The molecular formula is C24H30N2O2. The van der Waals surface area contributed by atoms with E-state index >= 15 is 0 Å². The molecule has 2 fully saturated rings. The van der Waals surface area contributed by atoms with Crippen LogP contribution < -0.4 is 0 Å². The Morgan fingerprint density at radius 3 is 2.54 bits per heavy atom. The number of likely N-dealkylation sites (tertiary alicyclic amines) is 2. The van der Waals surface area contributed by atoms with Crippen molar-refractivity contribution in [3.8, 4) is 0 Å². The molecule has 0 bridgehead atoms. The van der Waals surface area contributed by atoms with Crippen LogP contribution in [0.5, 0.6) is 0 Å². The molecule has 2 aromatic carbocycles. The van der Waals surface area contributed by atoms with Crippen LogP contribution in [0.1, 0.15) is 23.1 Å². The average Bonchev–Trinajstić information content (AvgIpc) is 3.00. The molecule has 148 valence electrons. The van der Waals surface area contributed by atoms with E-state index in [1.54, 1.807) is 0 Å². The standard InChI is InChI=1S/C24H30N2O2/c1-19-8-6-7-11-21(19)12-23(27)26-17-24(18-26)13-22(25(2)16-24)15-28-14-20-9-4-3-5-10-20/h3-11,22H,12-18H2,1-2H3. The van der Waals surface area contributed by atoms with Crippen molar-refractivity contribution in [3.63, 3.8) is 0 Å². The average molecular weight is 379 g/mol. The smallest absolute Gasteiger partial charge is 0.227 e. The predicted octanol–water partition coefficient (Wildman–Crippen LogP) is 3.29. The lowest BCUT2D eigenvalue weighted by Gasteiger charge is -2.48. The molecule has 0 saturated carbocycles. The summed E-state index contributed by atoms with van der Waals surface area (Å²) >= 11 is 0. The molecule has 0 N–H and O–H groups in total. The van der Waals surface area contributed by atoms with Gasteiger partial charge in [0.05, 0.1) is 19.6 Å².